The van der Waals surface area contributed by atoms with E-state index < -0.39 is 16.0 Å². The van der Waals surface area contributed by atoms with Crippen LogP contribution in [-0.2, 0) is 26.0 Å². The fourth-order valence-electron chi connectivity index (χ4n) is 2.18. The van der Waals surface area contributed by atoms with Crippen molar-refractivity contribution >= 4 is 21.8 Å². The summed E-state index contributed by atoms with van der Waals surface area (Å²) in [5, 5.41) is 10.3. The number of carbonyl (C=O) groups excluding carboxylic acids is 1. The summed E-state index contributed by atoms with van der Waals surface area (Å²) in [7, 11) is -2.55. The minimum atomic E-state index is -3.69. The number of esters is 1. The van der Waals surface area contributed by atoms with Crippen LogP contribution in [0, 0.1) is 0 Å². The van der Waals surface area contributed by atoms with Crippen LogP contribution >= 0.6 is 0 Å². The van der Waals surface area contributed by atoms with Gasteiger partial charge in [-0.25, -0.2) is 13.2 Å². The van der Waals surface area contributed by atoms with Crippen molar-refractivity contribution in [2.75, 3.05) is 19.9 Å². The van der Waals surface area contributed by atoms with Gasteiger partial charge in [0.1, 0.15) is 0 Å². The van der Waals surface area contributed by atoms with Crippen molar-refractivity contribution in [3.8, 4) is 0 Å². The topological polar surface area (TPSA) is 83.9 Å². The van der Waals surface area contributed by atoms with Gasteiger partial charge < -0.3 is 9.84 Å². The number of carbonyl (C=O) groups is 1. The molecule has 20 heavy (non-hydrogen) atoms. The molecule has 0 amide bonds. The lowest BCUT2D eigenvalue weighted by Crippen LogP contribution is -2.35. The molecule has 0 aromatic heterocycles. The van der Waals surface area contributed by atoms with Crippen molar-refractivity contribution in [1.29, 1.82) is 0 Å². The number of nitrogens with zero attached hydrogens (tertiary/aromatic N) is 1. The molecule has 0 bridgehead atoms. The Bertz CT molecular complexity index is 678. The van der Waals surface area contributed by atoms with Crippen LogP contribution < -0.4 is 0 Å². The highest BCUT2D eigenvalue weighted by Crippen LogP contribution is 2.28. The monoisotopic (exact) mass is 297 g/mol. The molecule has 1 aromatic rings. The maximum atomic E-state index is 11.9. The SMILES string of the molecule is COC(=O)C1=C(O)c2ccccc2CCN1S(C)(=O)=O. The maximum absolute atomic E-state index is 11.9. The zero-order valence-electron chi connectivity index (χ0n) is 11.2. The zero-order chi connectivity index (χ0) is 14.9. The van der Waals surface area contributed by atoms with Gasteiger partial charge in [-0.15, -0.1) is 0 Å². The first-order chi connectivity index (χ1) is 9.36. The molecule has 0 aliphatic carbocycles. The van der Waals surface area contributed by atoms with Gasteiger partial charge in [0.15, 0.2) is 11.5 Å². The first-order valence-corrected chi connectivity index (χ1v) is 7.78. The quantitative estimate of drug-likeness (QED) is 0.820. The molecule has 7 heteroatoms. The van der Waals surface area contributed by atoms with Gasteiger partial charge in [-0.1, -0.05) is 24.3 Å². The molecule has 0 spiro atoms. The number of benzene rings is 1. The second kappa shape index (κ2) is 5.16. The van der Waals surface area contributed by atoms with Gasteiger partial charge in [0, 0.05) is 12.1 Å². The van der Waals surface area contributed by atoms with Crippen molar-refractivity contribution in [1.82, 2.24) is 4.31 Å². The first-order valence-electron chi connectivity index (χ1n) is 5.93. The number of aliphatic hydroxyl groups is 1. The van der Waals surface area contributed by atoms with E-state index in [9.17, 15) is 18.3 Å². The Balaban J connectivity index is 2.70. The molecule has 0 radical (unpaired) electrons. The molecule has 1 aliphatic heterocycles. The van der Waals surface area contributed by atoms with E-state index in [1.165, 1.54) is 0 Å². The molecule has 1 heterocycles. The Hall–Kier alpha value is -2.02. The van der Waals surface area contributed by atoms with Crippen LogP contribution in [0.3, 0.4) is 0 Å². The second-order valence-corrected chi connectivity index (χ2v) is 6.34. The highest BCUT2D eigenvalue weighted by Gasteiger charge is 2.33. The Morgan fingerprint density at radius 3 is 2.60 bits per heavy atom. The van der Waals surface area contributed by atoms with Crippen LogP contribution in [0.4, 0.5) is 0 Å². The van der Waals surface area contributed by atoms with Crippen LogP contribution in [0.15, 0.2) is 30.0 Å². The maximum Gasteiger partial charge on any atom is 0.359 e. The predicted molar refractivity (Wildman–Crippen MR) is 73.3 cm³/mol. The standard InChI is InChI=1S/C13H15NO5S/c1-19-13(16)11-12(15)10-6-4-3-5-9(10)7-8-14(11)20(2,17)18/h3-6,15H,7-8H2,1-2H3. The van der Waals surface area contributed by atoms with Gasteiger partial charge in [0.05, 0.1) is 13.4 Å². The minimum Gasteiger partial charge on any atom is -0.505 e. The van der Waals surface area contributed by atoms with Gasteiger partial charge >= 0.3 is 5.97 Å². The number of aliphatic hydroxyl groups excluding tert-OH is 1. The van der Waals surface area contributed by atoms with Crippen molar-refractivity contribution in [3.63, 3.8) is 0 Å². The summed E-state index contributed by atoms with van der Waals surface area (Å²) in [4.78, 5) is 11.9. The summed E-state index contributed by atoms with van der Waals surface area (Å²) in [6.07, 6.45) is 1.38. The highest BCUT2D eigenvalue weighted by molar-refractivity contribution is 7.88. The molecule has 1 aliphatic rings. The number of hydrogen-bond acceptors (Lipinski definition) is 5. The summed E-state index contributed by atoms with van der Waals surface area (Å²) >= 11 is 0. The Morgan fingerprint density at radius 1 is 1.35 bits per heavy atom. The van der Waals surface area contributed by atoms with E-state index in [4.69, 9.17) is 0 Å². The third kappa shape index (κ3) is 2.49. The summed E-state index contributed by atoms with van der Waals surface area (Å²) in [5.41, 5.74) is 0.872. The Morgan fingerprint density at radius 2 is 2.00 bits per heavy atom. The molecular weight excluding hydrogens is 282 g/mol. The van der Waals surface area contributed by atoms with Crippen molar-refractivity contribution in [2.24, 2.45) is 0 Å². The lowest BCUT2D eigenvalue weighted by Gasteiger charge is -2.22. The molecule has 0 atom stereocenters. The van der Waals surface area contributed by atoms with E-state index >= 15 is 0 Å². The fraction of sp³-hybridized carbons (Fsp3) is 0.308. The van der Waals surface area contributed by atoms with Crippen molar-refractivity contribution in [3.05, 3.63) is 41.1 Å². The molecule has 108 valence electrons. The summed E-state index contributed by atoms with van der Waals surface area (Å²) in [6.45, 7) is 0.0737. The van der Waals surface area contributed by atoms with E-state index in [1.54, 1.807) is 24.3 Å². The van der Waals surface area contributed by atoms with Gasteiger partial charge in [0.2, 0.25) is 10.0 Å². The number of fused-ring (bicyclic) bond motifs is 1. The largest absolute Gasteiger partial charge is 0.505 e. The average molecular weight is 297 g/mol. The summed E-state index contributed by atoms with van der Waals surface area (Å²) < 4.78 is 29.2. The molecule has 0 saturated heterocycles. The van der Waals surface area contributed by atoms with Crippen LogP contribution in [0.2, 0.25) is 0 Å². The van der Waals surface area contributed by atoms with Gasteiger partial charge in [-0.3, -0.25) is 4.31 Å². The van der Waals surface area contributed by atoms with Crippen LogP contribution in [0.1, 0.15) is 11.1 Å². The van der Waals surface area contributed by atoms with Crippen molar-refractivity contribution < 1.29 is 23.1 Å². The highest BCUT2D eigenvalue weighted by atomic mass is 32.2. The molecule has 1 N–H and O–H groups in total. The Kier molecular flexibility index (Phi) is 3.71. The van der Waals surface area contributed by atoms with Crippen LogP contribution in [0.25, 0.3) is 5.76 Å². The molecule has 0 fully saturated rings. The normalized spacial score (nSPS) is 15.6. The van der Waals surface area contributed by atoms with E-state index in [0.717, 1.165) is 23.2 Å². The average Bonchev–Trinajstić information content (AvgIpc) is 2.55. The van der Waals surface area contributed by atoms with Crippen molar-refractivity contribution in [2.45, 2.75) is 6.42 Å². The number of methoxy groups -OCH3 is 1. The smallest absolute Gasteiger partial charge is 0.359 e. The lowest BCUT2D eigenvalue weighted by molar-refractivity contribution is -0.137. The van der Waals surface area contributed by atoms with E-state index in [-0.39, 0.29) is 18.0 Å². The number of hydrogen-bond donors (Lipinski definition) is 1. The van der Waals surface area contributed by atoms with Crippen LogP contribution in [-0.4, -0.2) is 43.7 Å². The van der Waals surface area contributed by atoms with E-state index in [2.05, 4.69) is 4.74 Å². The minimum absolute atomic E-state index is 0.0737. The fourth-order valence-corrected chi connectivity index (χ4v) is 3.09. The molecule has 6 nitrogen and oxygen atoms in total. The molecule has 2 rings (SSSR count). The van der Waals surface area contributed by atoms with Gasteiger partial charge in [-0.2, -0.15) is 0 Å². The van der Waals surface area contributed by atoms with E-state index in [1.807, 2.05) is 0 Å². The molecular formula is C13H15NO5S. The third-order valence-corrected chi connectivity index (χ3v) is 4.28. The first kappa shape index (κ1) is 14.4. The van der Waals surface area contributed by atoms with E-state index in [0.29, 0.717) is 12.0 Å². The number of rotatable bonds is 2. The van der Waals surface area contributed by atoms with Gasteiger partial charge in [-0.05, 0) is 12.0 Å². The predicted octanol–water partition coefficient (Wildman–Crippen LogP) is 0.904. The molecule has 0 saturated carbocycles. The second-order valence-electron chi connectivity index (χ2n) is 4.43. The zero-order valence-corrected chi connectivity index (χ0v) is 12.0. The lowest BCUT2D eigenvalue weighted by atomic mass is 10.0. The summed E-state index contributed by atoms with van der Waals surface area (Å²) in [5.74, 6) is -1.26. The molecule has 0 unspecified atom stereocenters. The number of sulfonamides is 1. The molecule has 1 aromatic carbocycles. The Labute approximate surface area is 117 Å². The van der Waals surface area contributed by atoms with Crippen LogP contribution in [0.5, 0.6) is 0 Å². The number of ether oxygens (including phenoxy) is 1. The van der Waals surface area contributed by atoms with Gasteiger partial charge in [0.25, 0.3) is 0 Å². The third-order valence-electron chi connectivity index (χ3n) is 3.11. The summed E-state index contributed by atoms with van der Waals surface area (Å²) in [6, 6.07) is 6.92.